The summed E-state index contributed by atoms with van der Waals surface area (Å²) in [6.45, 7) is 0.465. The Morgan fingerprint density at radius 2 is 1.69 bits per heavy atom. The number of aromatic nitrogens is 3. The lowest BCUT2D eigenvalue weighted by molar-refractivity contribution is -0.143. The molecule has 1 aliphatic carbocycles. The van der Waals surface area contributed by atoms with Crippen LogP contribution in [0.4, 0.5) is 26.3 Å². The molecule has 0 bridgehead atoms. The molecule has 2 aliphatic rings. The number of piperidine rings is 1. The van der Waals surface area contributed by atoms with Crippen molar-refractivity contribution in [3.05, 3.63) is 87.1 Å². The first-order chi connectivity index (χ1) is 16.5. The Bertz CT molecular complexity index is 1240. The maximum absolute atomic E-state index is 13.3. The van der Waals surface area contributed by atoms with Gasteiger partial charge in [-0.25, -0.2) is 9.89 Å². The van der Waals surface area contributed by atoms with Crippen LogP contribution in [0, 0.1) is 5.92 Å². The number of halogens is 6. The number of nitrogens with zero attached hydrogens (tertiary/aromatic N) is 2. The number of hydrogen-bond acceptors (Lipinski definition) is 4. The lowest BCUT2D eigenvalue weighted by atomic mass is 9.99. The van der Waals surface area contributed by atoms with E-state index in [9.17, 15) is 31.1 Å². The van der Waals surface area contributed by atoms with Gasteiger partial charge in [-0.2, -0.15) is 31.4 Å². The van der Waals surface area contributed by atoms with E-state index in [4.69, 9.17) is 4.74 Å². The van der Waals surface area contributed by atoms with Crippen LogP contribution in [-0.2, 0) is 30.2 Å². The van der Waals surface area contributed by atoms with Gasteiger partial charge in [0.15, 0.2) is 0 Å². The highest BCUT2D eigenvalue weighted by Gasteiger charge is 2.67. The summed E-state index contributed by atoms with van der Waals surface area (Å²) < 4.78 is 85.7. The van der Waals surface area contributed by atoms with E-state index >= 15 is 0 Å². The highest BCUT2D eigenvalue weighted by atomic mass is 19.4. The Balaban J connectivity index is 1.43. The Hall–Kier alpha value is -3.12. The zero-order chi connectivity index (χ0) is 25.0. The van der Waals surface area contributed by atoms with Gasteiger partial charge in [0, 0.05) is 12.5 Å². The molecule has 2 heterocycles. The van der Waals surface area contributed by atoms with Gasteiger partial charge < -0.3 is 4.74 Å². The molecule has 0 radical (unpaired) electrons. The van der Waals surface area contributed by atoms with Crippen LogP contribution in [0.2, 0.25) is 0 Å². The average molecular weight is 498 g/mol. The van der Waals surface area contributed by atoms with Crippen LogP contribution in [0.15, 0.2) is 53.3 Å². The Kier molecular flexibility index (Phi) is 5.55. The number of hydrogen-bond donors (Lipinski definition) is 2. The third-order valence-electron chi connectivity index (χ3n) is 6.55. The minimum absolute atomic E-state index is 0.0336. The fourth-order valence-electron chi connectivity index (χ4n) is 5.01. The number of rotatable bonds is 6. The normalized spacial score (nSPS) is 24.5. The second-order valence-electron chi connectivity index (χ2n) is 8.93. The minimum Gasteiger partial charge on any atom is -0.368 e. The second kappa shape index (κ2) is 8.23. The molecule has 2 fully saturated rings. The average Bonchev–Trinajstić information content (AvgIpc) is 3.16. The molecule has 12 heteroatoms. The summed E-state index contributed by atoms with van der Waals surface area (Å²) in [5.74, 6) is 0.450. The molecule has 3 aromatic rings. The first-order valence-corrected chi connectivity index (χ1v) is 10.8. The standard InChI is InChI=1S/C23H20F6N4O2/c24-22(25,26)15-6-13(7-16(8-15)23(27,28)29)12-35-21-9-17(21)10-33(11-18-30-20(34)32-31-18)19(21)14-4-2-1-3-5-14/h1-8,17,19H,9-12H2,(H2,30,31,32,34)/t17?,19-,21+/m0/s1. The number of benzene rings is 2. The molecule has 1 saturated carbocycles. The van der Waals surface area contributed by atoms with Crippen LogP contribution in [-0.4, -0.2) is 32.2 Å². The molecule has 186 valence electrons. The number of ether oxygens (including phenoxy) is 1. The molecule has 1 aliphatic heterocycles. The Morgan fingerprint density at radius 1 is 1.03 bits per heavy atom. The van der Waals surface area contributed by atoms with E-state index in [0.717, 1.165) is 5.56 Å². The van der Waals surface area contributed by atoms with Crippen molar-refractivity contribution in [3.63, 3.8) is 0 Å². The van der Waals surface area contributed by atoms with Crippen LogP contribution in [0.3, 0.4) is 0 Å². The molecule has 0 amide bonds. The van der Waals surface area contributed by atoms with Crippen LogP contribution in [0.25, 0.3) is 0 Å². The zero-order valence-corrected chi connectivity index (χ0v) is 18.1. The highest BCUT2D eigenvalue weighted by Crippen LogP contribution is 2.63. The van der Waals surface area contributed by atoms with Crippen LogP contribution in [0.5, 0.6) is 0 Å². The van der Waals surface area contributed by atoms with Crippen LogP contribution < -0.4 is 5.69 Å². The molecule has 0 spiro atoms. The first kappa shape index (κ1) is 23.6. The largest absolute Gasteiger partial charge is 0.416 e. The first-order valence-electron chi connectivity index (χ1n) is 10.8. The molecule has 35 heavy (non-hydrogen) atoms. The predicted octanol–water partition coefficient (Wildman–Crippen LogP) is 4.67. The van der Waals surface area contributed by atoms with E-state index in [2.05, 4.69) is 15.2 Å². The third kappa shape index (κ3) is 4.59. The molecule has 3 atom stereocenters. The predicted molar refractivity (Wildman–Crippen MR) is 111 cm³/mol. The van der Waals surface area contributed by atoms with Crippen molar-refractivity contribution < 1.29 is 31.1 Å². The molecular formula is C23H20F6N4O2. The van der Waals surface area contributed by atoms with Gasteiger partial charge in [0.1, 0.15) is 5.82 Å². The van der Waals surface area contributed by atoms with E-state index in [0.29, 0.717) is 37.5 Å². The van der Waals surface area contributed by atoms with Gasteiger partial charge in [0.05, 0.1) is 35.9 Å². The Morgan fingerprint density at radius 3 is 2.26 bits per heavy atom. The van der Waals surface area contributed by atoms with E-state index in [1.165, 1.54) is 0 Å². The molecule has 2 N–H and O–H groups in total. The molecule has 6 nitrogen and oxygen atoms in total. The second-order valence-corrected chi connectivity index (χ2v) is 8.93. The number of likely N-dealkylation sites (tertiary alicyclic amines) is 1. The van der Waals surface area contributed by atoms with Crippen molar-refractivity contribution in [2.24, 2.45) is 5.92 Å². The van der Waals surface area contributed by atoms with E-state index in [1.807, 2.05) is 35.2 Å². The molecule has 1 unspecified atom stereocenters. The fraction of sp³-hybridized carbons (Fsp3) is 0.391. The number of alkyl halides is 6. The van der Waals surface area contributed by atoms with Crippen molar-refractivity contribution in [2.45, 2.75) is 43.6 Å². The number of fused-ring (bicyclic) bond motifs is 1. The maximum Gasteiger partial charge on any atom is 0.416 e. The number of H-pyrrole nitrogens is 2. The van der Waals surface area contributed by atoms with E-state index < -0.39 is 41.4 Å². The van der Waals surface area contributed by atoms with Gasteiger partial charge in [-0.1, -0.05) is 30.3 Å². The van der Waals surface area contributed by atoms with Crippen molar-refractivity contribution in [2.75, 3.05) is 6.54 Å². The summed E-state index contributed by atoms with van der Waals surface area (Å²) in [6.07, 6.45) is -9.23. The van der Waals surface area contributed by atoms with Gasteiger partial charge in [0.25, 0.3) is 0 Å². The summed E-state index contributed by atoms with van der Waals surface area (Å²) >= 11 is 0. The zero-order valence-electron chi connectivity index (χ0n) is 18.1. The maximum atomic E-state index is 13.3. The van der Waals surface area contributed by atoms with Gasteiger partial charge in [-0.15, -0.1) is 0 Å². The number of nitrogens with one attached hydrogen (secondary N) is 2. The molecule has 5 rings (SSSR count). The SMILES string of the molecule is O=c1[nH]nc(CN2CC3C[C@]3(OCc3cc(C(F)(F)F)cc(C(F)(F)F)c3)[C@@H]2c2ccccc2)[nH]1. The summed E-state index contributed by atoms with van der Waals surface area (Å²) in [6, 6.07) is 10.5. The topological polar surface area (TPSA) is 74.0 Å². The molecule has 1 aromatic heterocycles. The van der Waals surface area contributed by atoms with Crippen LogP contribution >= 0.6 is 0 Å². The van der Waals surface area contributed by atoms with Gasteiger partial charge in [0.2, 0.25) is 0 Å². The van der Waals surface area contributed by atoms with E-state index in [1.54, 1.807) is 0 Å². The van der Waals surface area contributed by atoms with Crippen molar-refractivity contribution in [3.8, 4) is 0 Å². The third-order valence-corrected chi connectivity index (χ3v) is 6.55. The molecular weight excluding hydrogens is 478 g/mol. The minimum atomic E-state index is -4.92. The van der Waals surface area contributed by atoms with Crippen molar-refractivity contribution in [1.29, 1.82) is 0 Å². The fourth-order valence-corrected chi connectivity index (χ4v) is 5.01. The summed E-state index contributed by atoms with van der Waals surface area (Å²) in [4.78, 5) is 16.1. The van der Waals surface area contributed by atoms with E-state index in [-0.39, 0.29) is 23.6 Å². The Labute approximate surface area is 194 Å². The lowest BCUT2D eigenvalue weighted by Crippen LogP contribution is -2.34. The summed E-state index contributed by atoms with van der Waals surface area (Å²) in [7, 11) is 0. The molecule has 2 aromatic carbocycles. The van der Waals surface area contributed by atoms with Gasteiger partial charge in [-0.3, -0.25) is 9.88 Å². The summed E-state index contributed by atoms with van der Waals surface area (Å²) in [5.41, 5.74) is -3.27. The smallest absolute Gasteiger partial charge is 0.368 e. The quantitative estimate of drug-likeness (QED) is 0.485. The monoisotopic (exact) mass is 498 g/mol. The van der Waals surface area contributed by atoms with Crippen molar-refractivity contribution in [1.82, 2.24) is 20.1 Å². The lowest BCUT2D eigenvalue weighted by Gasteiger charge is -2.32. The van der Waals surface area contributed by atoms with Gasteiger partial charge >= 0.3 is 18.0 Å². The highest BCUT2D eigenvalue weighted by molar-refractivity contribution is 5.35. The van der Waals surface area contributed by atoms with Crippen molar-refractivity contribution >= 4 is 0 Å². The summed E-state index contributed by atoms with van der Waals surface area (Å²) in [5, 5.41) is 6.25. The van der Waals surface area contributed by atoms with Crippen LogP contribution in [0.1, 0.15) is 40.5 Å². The number of aromatic amines is 2. The van der Waals surface area contributed by atoms with Gasteiger partial charge in [-0.05, 0) is 35.7 Å². The molecule has 1 saturated heterocycles.